The SMILES string of the molecule is CCCC1CCN(CC(N)c2ccc3ccccc3c2)C1. The third kappa shape index (κ3) is 3.45. The van der Waals surface area contributed by atoms with Gasteiger partial charge in [-0.1, -0.05) is 49.7 Å². The molecule has 1 aliphatic heterocycles. The van der Waals surface area contributed by atoms with Gasteiger partial charge in [0.15, 0.2) is 0 Å². The van der Waals surface area contributed by atoms with E-state index in [1.54, 1.807) is 0 Å². The minimum absolute atomic E-state index is 0.120. The van der Waals surface area contributed by atoms with Gasteiger partial charge in [-0.05, 0) is 47.7 Å². The fraction of sp³-hybridized carbons (Fsp3) is 0.474. The monoisotopic (exact) mass is 282 g/mol. The van der Waals surface area contributed by atoms with Crippen LogP contribution >= 0.6 is 0 Å². The third-order valence-electron chi connectivity index (χ3n) is 4.72. The Morgan fingerprint density at radius 1 is 1.19 bits per heavy atom. The van der Waals surface area contributed by atoms with Crippen molar-refractivity contribution in [1.29, 1.82) is 0 Å². The highest BCUT2D eigenvalue weighted by atomic mass is 15.2. The smallest absolute Gasteiger partial charge is 0.0424 e. The van der Waals surface area contributed by atoms with Gasteiger partial charge in [0.1, 0.15) is 0 Å². The van der Waals surface area contributed by atoms with E-state index in [-0.39, 0.29) is 6.04 Å². The molecule has 1 saturated heterocycles. The molecule has 0 aromatic heterocycles. The fourth-order valence-corrected chi connectivity index (χ4v) is 3.54. The standard InChI is InChI=1S/C19H26N2/c1-2-5-15-10-11-21(13-15)14-19(20)18-9-8-16-6-3-4-7-17(16)12-18/h3-4,6-9,12,15,19H,2,5,10-11,13-14,20H2,1H3. The Hall–Kier alpha value is -1.38. The summed E-state index contributed by atoms with van der Waals surface area (Å²) in [7, 11) is 0. The van der Waals surface area contributed by atoms with Crippen molar-refractivity contribution in [3.8, 4) is 0 Å². The summed E-state index contributed by atoms with van der Waals surface area (Å²) in [5, 5.41) is 2.58. The predicted molar refractivity (Wildman–Crippen MR) is 90.3 cm³/mol. The molecular formula is C19H26N2. The molecule has 2 nitrogen and oxygen atoms in total. The molecule has 21 heavy (non-hydrogen) atoms. The molecule has 0 radical (unpaired) electrons. The van der Waals surface area contributed by atoms with Gasteiger partial charge in [0.25, 0.3) is 0 Å². The van der Waals surface area contributed by atoms with Crippen LogP contribution in [0.5, 0.6) is 0 Å². The number of fused-ring (bicyclic) bond motifs is 1. The summed E-state index contributed by atoms with van der Waals surface area (Å²) in [6, 6.07) is 15.2. The van der Waals surface area contributed by atoms with Crippen molar-refractivity contribution >= 4 is 10.8 Å². The molecule has 2 N–H and O–H groups in total. The molecule has 1 fully saturated rings. The molecule has 1 heterocycles. The van der Waals surface area contributed by atoms with Crippen LogP contribution in [0.3, 0.4) is 0 Å². The molecule has 112 valence electrons. The minimum atomic E-state index is 0.120. The first-order chi connectivity index (χ1) is 10.3. The molecule has 0 spiro atoms. The number of likely N-dealkylation sites (tertiary alicyclic amines) is 1. The van der Waals surface area contributed by atoms with E-state index in [1.165, 1.54) is 48.7 Å². The predicted octanol–water partition coefficient (Wildman–Crippen LogP) is 3.96. The zero-order valence-corrected chi connectivity index (χ0v) is 13.0. The van der Waals surface area contributed by atoms with E-state index in [4.69, 9.17) is 5.73 Å². The second-order valence-corrected chi connectivity index (χ2v) is 6.42. The lowest BCUT2D eigenvalue weighted by Gasteiger charge is -2.21. The maximum Gasteiger partial charge on any atom is 0.0424 e. The number of rotatable bonds is 5. The zero-order valence-electron chi connectivity index (χ0n) is 13.0. The zero-order chi connectivity index (χ0) is 14.7. The van der Waals surface area contributed by atoms with Gasteiger partial charge in [0.05, 0.1) is 0 Å². The Balaban J connectivity index is 1.65. The van der Waals surface area contributed by atoms with E-state index in [0.717, 1.165) is 12.5 Å². The van der Waals surface area contributed by atoms with E-state index in [9.17, 15) is 0 Å². The molecule has 2 heteroatoms. The molecule has 0 bridgehead atoms. The second-order valence-electron chi connectivity index (χ2n) is 6.42. The summed E-state index contributed by atoms with van der Waals surface area (Å²) in [5.74, 6) is 0.888. The average Bonchev–Trinajstić information content (AvgIpc) is 2.94. The minimum Gasteiger partial charge on any atom is -0.323 e. The number of hydrogen-bond donors (Lipinski definition) is 1. The highest BCUT2D eigenvalue weighted by Crippen LogP contribution is 2.24. The molecule has 0 aliphatic carbocycles. The Kier molecular flexibility index (Phi) is 4.57. The van der Waals surface area contributed by atoms with Gasteiger partial charge >= 0.3 is 0 Å². The van der Waals surface area contributed by atoms with Crippen LogP contribution < -0.4 is 5.73 Å². The second kappa shape index (κ2) is 6.59. The normalized spacial score (nSPS) is 21.0. The summed E-state index contributed by atoms with van der Waals surface area (Å²) in [5.41, 5.74) is 7.70. The van der Waals surface area contributed by atoms with E-state index in [1.807, 2.05) is 0 Å². The average molecular weight is 282 g/mol. The van der Waals surface area contributed by atoms with E-state index < -0.39 is 0 Å². The van der Waals surface area contributed by atoms with Crippen LogP contribution in [0, 0.1) is 5.92 Å². The molecular weight excluding hydrogens is 256 g/mol. The van der Waals surface area contributed by atoms with E-state index >= 15 is 0 Å². The van der Waals surface area contributed by atoms with E-state index in [2.05, 4.69) is 54.3 Å². The number of nitrogens with zero attached hydrogens (tertiary/aromatic N) is 1. The molecule has 2 aromatic rings. The van der Waals surface area contributed by atoms with Crippen molar-refractivity contribution in [1.82, 2.24) is 4.90 Å². The number of benzene rings is 2. The van der Waals surface area contributed by atoms with Crippen LogP contribution in [0.4, 0.5) is 0 Å². The topological polar surface area (TPSA) is 29.3 Å². The lowest BCUT2D eigenvalue weighted by Crippen LogP contribution is -2.30. The van der Waals surface area contributed by atoms with Crippen molar-refractivity contribution in [3.05, 3.63) is 48.0 Å². The lowest BCUT2D eigenvalue weighted by atomic mass is 10.0. The molecule has 0 saturated carbocycles. The van der Waals surface area contributed by atoms with Crippen LogP contribution in [0.15, 0.2) is 42.5 Å². The first kappa shape index (κ1) is 14.6. The van der Waals surface area contributed by atoms with Gasteiger partial charge in [0, 0.05) is 19.1 Å². The van der Waals surface area contributed by atoms with Gasteiger partial charge in [-0.2, -0.15) is 0 Å². The lowest BCUT2D eigenvalue weighted by molar-refractivity contribution is 0.300. The summed E-state index contributed by atoms with van der Waals surface area (Å²) < 4.78 is 0. The first-order valence-electron chi connectivity index (χ1n) is 8.23. The van der Waals surface area contributed by atoms with Gasteiger partial charge in [0.2, 0.25) is 0 Å². The van der Waals surface area contributed by atoms with Crippen molar-refractivity contribution < 1.29 is 0 Å². The van der Waals surface area contributed by atoms with Crippen molar-refractivity contribution in [2.24, 2.45) is 11.7 Å². The van der Waals surface area contributed by atoms with Gasteiger partial charge in [-0.3, -0.25) is 0 Å². The summed E-state index contributed by atoms with van der Waals surface area (Å²) in [6.07, 6.45) is 4.01. The Labute approximate surface area is 127 Å². The maximum atomic E-state index is 6.44. The third-order valence-corrected chi connectivity index (χ3v) is 4.72. The van der Waals surface area contributed by atoms with Crippen molar-refractivity contribution in [2.45, 2.75) is 32.2 Å². The molecule has 2 unspecified atom stereocenters. The van der Waals surface area contributed by atoms with Gasteiger partial charge in [-0.25, -0.2) is 0 Å². The van der Waals surface area contributed by atoms with Crippen LogP contribution in [0.25, 0.3) is 10.8 Å². The van der Waals surface area contributed by atoms with Crippen LogP contribution in [-0.2, 0) is 0 Å². The Morgan fingerprint density at radius 2 is 2.00 bits per heavy atom. The van der Waals surface area contributed by atoms with Gasteiger partial charge < -0.3 is 10.6 Å². The van der Waals surface area contributed by atoms with E-state index in [0.29, 0.717) is 0 Å². The first-order valence-corrected chi connectivity index (χ1v) is 8.23. The maximum absolute atomic E-state index is 6.44. The summed E-state index contributed by atoms with van der Waals surface area (Å²) in [4.78, 5) is 2.54. The summed E-state index contributed by atoms with van der Waals surface area (Å²) >= 11 is 0. The number of hydrogen-bond acceptors (Lipinski definition) is 2. The van der Waals surface area contributed by atoms with Crippen molar-refractivity contribution in [2.75, 3.05) is 19.6 Å². The van der Waals surface area contributed by atoms with Crippen LogP contribution in [-0.4, -0.2) is 24.5 Å². The molecule has 3 rings (SSSR count). The van der Waals surface area contributed by atoms with Crippen LogP contribution in [0.1, 0.15) is 37.8 Å². The highest BCUT2D eigenvalue weighted by Gasteiger charge is 2.23. The molecule has 2 atom stereocenters. The Morgan fingerprint density at radius 3 is 2.81 bits per heavy atom. The molecule has 2 aromatic carbocycles. The summed E-state index contributed by atoms with van der Waals surface area (Å²) in [6.45, 7) is 5.71. The quantitative estimate of drug-likeness (QED) is 0.899. The molecule has 1 aliphatic rings. The number of nitrogens with two attached hydrogens (primary N) is 1. The largest absolute Gasteiger partial charge is 0.323 e. The van der Waals surface area contributed by atoms with Gasteiger partial charge in [-0.15, -0.1) is 0 Å². The molecule has 0 amide bonds. The van der Waals surface area contributed by atoms with Crippen molar-refractivity contribution in [3.63, 3.8) is 0 Å². The fourth-order valence-electron chi connectivity index (χ4n) is 3.54. The van der Waals surface area contributed by atoms with Crippen LogP contribution in [0.2, 0.25) is 0 Å². The highest BCUT2D eigenvalue weighted by molar-refractivity contribution is 5.83. The Bertz CT molecular complexity index is 593.